The molecule has 2 aliphatic rings. The summed E-state index contributed by atoms with van der Waals surface area (Å²) < 4.78 is 34.0. The summed E-state index contributed by atoms with van der Waals surface area (Å²) >= 11 is 6.30. The molecule has 0 saturated carbocycles. The number of ether oxygens (including phenoxy) is 6. The van der Waals surface area contributed by atoms with Crippen LogP contribution in [0.2, 0.25) is 0 Å². The topological polar surface area (TPSA) is 154 Å². The van der Waals surface area contributed by atoms with Crippen molar-refractivity contribution in [2.75, 3.05) is 104 Å². The Bertz CT molecular complexity index is 2190. The van der Waals surface area contributed by atoms with E-state index in [1.165, 1.54) is 5.57 Å². The average molecular weight is 926 g/mol. The van der Waals surface area contributed by atoms with Crippen molar-refractivity contribution in [1.29, 1.82) is 0 Å². The van der Waals surface area contributed by atoms with Gasteiger partial charge in [-0.1, -0.05) is 78.9 Å². The molecule has 4 aromatic rings. The number of allylic oxidation sites excluding steroid dienone is 1. The fraction of sp³-hybridized carbons (Fsp3) is 0.412. The summed E-state index contributed by atoms with van der Waals surface area (Å²) in [6.07, 6.45) is 1.54. The summed E-state index contributed by atoms with van der Waals surface area (Å²) in [5, 5.41) is 5.66. The number of hydrogen-bond donors (Lipinski definition) is 2. The van der Waals surface area contributed by atoms with Crippen LogP contribution in [0.5, 0.6) is 5.75 Å². The third kappa shape index (κ3) is 15.0. The van der Waals surface area contributed by atoms with Crippen LogP contribution in [0.15, 0.2) is 103 Å². The SMILES string of the molecule is CN(CCOc1ccc(/C(=C(/CCCl)c2ccccc2)c2ccccc2)cc1)C(=O)CCOCCOCCOCCOCCOCCNc1cccc2c1CN(C1CCC(=O)NC1=O)C2=O. The van der Waals surface area contributed by atoms with E-state index in [-0.39, 0.29) is 30.6 Å². The number of likely N-dealkylation sites (N-methyl/N-ethyl adjacent to an activating group) is 1. The summed E-state index contributed by atoms with van der Waals surface area (Å²) in [5.74, 6) is 0.285. The monoisotopic (exact) mass is 924 g/mol. The van der Waals surface area contributed by atoms with Gasteiger partial charge in [-0.05, 0) is 64.9 Å². The molecule has 2 heterocycles. The van der Waals surface area contributed by atoms with Gasteiger partial charge in [0, 0.05) is 49.3 Å². The van der Waals surface area contributed by atoms with E-state index in [1.807, 2.05) is 60.7 Å². The lowest BCUT2D eigenvalue weighted by atomic mass is 9.88. The van der Waals surface area contributed by atoms with Crippen molar-refractivity contribution in [3.63, 3.8) is 0 Å². The van der Waals surface area contributed by atoms with E-state index in [0.29, 0.717) is 110 Å². The lowest BCUT2D eigenvalue weighted by molar-refractivity contribution is -0.137. The van der Waals surface area contributed by atoms with Crippen LogP contribution in [-0.2, 0) is 44.6 Å². The Kier molecular flexibility index (Phi) is 20.5. The second kappa shape index (κ2) is 27.1. The molecule has 0 bridgehead atoms. The van der Waals surface area contributed by atoms with Crippen LogP contribution >= 0.6 is 11.6 Å². The number of nitrogens with zero attached hydrogens (tertiary/aromatic N) is 2. The molecule has 14 nitrogen and oxygen atoms in total. The van der Waals surface area contributed by atoms with Crippen molar-refractivity contribution in [3.05, 3.63) is 131 Å². The van der Waals surface area contributed by atoms with E-state index in [9.17, 15) is 19.2 Å². The highest BCUT2D eigenvalue weighted by Crippen LogP contribution is 2.36. The molecule has 0 spiro atoms. The summed E-state index contributed by atoms with van der Waals surface area (Å²) in [6.45, 7) is 5.74. The Labute approximate surface area is 392 Å². The van der Waals surface area contributed by atoms with Crippen LogP contribution in [0.25, 0.3) is 11.1 Å². The third-order valence-corrected chi connectivity index (χ3v) is 11.4. The van der Waals surface area contributed by atoms with Gasteiger partial charge in [0.2, 0.25) is 17.7 Å². The molecule has 1 saturated heterocycles. The molecule has 2 aliphatic heterocycles. The number of carbonyl (C=O) groups excluding carboxylic acids is 4. The van der Waals surface area contributed by atoms with Gasteiger partial charge in [-0.15, -0.1) is 11.6 Å². The molecule has 1 unspecified atom stereocenters. The van der Waals surface area contributed by atoms with Gasteiger partial charge >= 0.3 is 0 Å². The first-order valence-corrected chi connectivity index (χ1v) is 23.1. The number of amides is 4. The van der Waals surface area contributed by atoms with Gasteiger partial charge in [0.15, 0.2) is 0 Å². The number of halogens is 1. The summed E-state index contributed by atoms with van der Waals surface area (Å²) in [5.41, 5.74) is 7.89. The number of carbonyl (C=O) groups is 4. The second-order valence-electron chi connectivity index (χ2n) is 15.7. The molecule has 0 aliphatic carbocycles. The van der Waals surface area contributed by atoms with E-state index >= 15 is 0 Å². The second-order valence-corrected chi connectivity index (χ2v) is 16.1. The van der Waals surface area contributed by atoms with Gasteiger partial charge in [0.05, 0.1) is 79.0 Å². The number of hydrogen-bond acceptors (Lipinski definition) is 11. The first-order chi connectivity index (χ1) is 32.3. The fourth-order valence-corrected chi connectivity index (χ4v) is 7.94. The third-order valence-electron chi connectivity index (χ3n) is 11.2. The number of anilines is 1. The molecule has 0 radical (unpaired) electrons. The highest BCUT2D eigenvalue weighted by Gasteiger charge is 2.39. The number of benzene rings is 4. The quantitative estimate of drug-likeness (QED) is 0.0267. The van der Waals surface area contributed by atoms with Gasteiger partial charge < -0.3 is 43.5 Å². The molecule has 1 fully saturated rings. The predicted molar refractivity (Wildman–Crippen MR) is 253 cm³/mol. The van der Waals surface area contributed by atoms with E-state index in [1.54, 1.807) is 22.9 Å². The maximum atomic E-state index is 13.0. The first-order valence-electron chi connectivity index (χ1n) is 22.6. The molecule has 4 aromatic carbocycles. The molecular formula is C51H61ClN4O10. The van der Waals surface area contributed by atoms with E-state index in [4.69, 9.17) is 40.0 Å². The van der Waals surface area contributed by atoms with Gasteiger partial charge in [-0.25, -0.2) is 0 Å². The zero-order valence-corrected chi connectivity index (χ0v) is 38.4. The van der Waals surface area contributed by atoms with E-state index in [0.717, 1.165) is 45.7 Å². The zero-order chi connectivity index (χ0) is 46.4. The van der Waals surface area contributed by atoms with Crippen LogP contribution in [0, 0.1) is 0 Å². The Hall–Kier alpha value is -5.61. The first kappa shape index (κ1) is 49.8. The van der Waals surface area contributed by atoms with Gasteiger partial charge in [0.1, 0.15) is 18.4 Å². The summed E-state index contributed by atoms with van der Waals surface area (Å²) in [6, 6.07) is 33.6. The lowest BCUT2D eigenvalue weighted by Crippen LogP contribution is -2.52. The maximum Gasteiger partial charge on any atom is 0.255 e. The molecule has 66 heavy (non-hydrogen) atoms. The molecular weight excluding hydrogens is 864 g/mol. The van der Waals surface area contributed by atoms with Gasteiger partial charge in [-0.3, -0.25) is 24.5 Å². The van der Waals surface area contributed by atoms with Crippen molar-refractivity contribution >= 4 is 52.1 Å². The fourth-order valence-electron chi connectivity index (χ4n) is 7.75. The van der Waals surface area contributed by atoms with Crippen molar-refractivity contribution in [2.24, 2.45) is 0 Å². The number of fused-ring (bicyclic) bond motifs is 1. The molecule has 1 atom stereocenters. The van der Waals surface area contributed by atoms with Crippen LogP contribution < -0.4 is 15.4 Å². The number of nitrogens with one attached hydrogen (secondary N) is 2. The standard InChI is InChI=1S/C51H61ClN4O10/c1-55(25-28-66-41-17-15-40(16-18-41)49(39-11-6-3-7-12-39)42(21-23-52)38-9-4-2-5-10-38)48(58)22-26-61-29-31-63-33-35-65-36-34-64-32-30-62-27-24-53-45-14-8-13-43-44(45)37-56(51(43)60)46-19-20-47(57)54-50(46)59/h2-18,46,53H,19-37H2,1H3,(H,54,57,59)/b49-42-. The van der Waals surface area contributed by atoms with Crippen molar-refractivity contribution in [1.82, 2.24) is 15.1 Å². The van der Waals surface area contributed by atoms with Crippen molar-refractivity contribution in [3.8, 4) is 5.75 Å². The van der Waals surface area contributed by atoms with Crippen molar-refractivity contribution in [2.45, 2.75) is 38.3 Å². The predicted octanol–water partition coefficient (Wildman–Crippen LogP) is 6.46. The molecule has 6 rings (SSSR count). The smallest absolute Gasteiger partial charge is 0.255 e. The summed E-state index contributed by atoms with van der Waals surface area (Å²) in [7, 11) is 1.77. The number of imide groups is 1. The summed E-state index contributed by atoms with van der Waals surface area (Å²) in [4.78, 5) is 52.8. The highest BCUT2D eigenvalue weighted by atomic mass is 35.5. The van der Waals surface area contributed by atoms with E-state index in [2.05, 4.69) is 47.0 Å². The lowest BCUT2D eigenvalue weighted by Gasteiger charge is -2.29. The maximum absolute atomic E-state index is 13.0. The Morgan fingerprint density at radius 3 is 1.91 bits per heavy atom. The highest BCUT2D eigenvalue weighted by molar-refractivity contribution is 6.18. The Balaban J connectivity index is 0.742. The molecule has 4 amide bonds. The minimum atomic E-state index is -0.648. The number of rotatable bonds is 29. The average Bonchev–Trinajstić information content (AvgIpc) is 3.67. The molecule has 15 heteroatoms. The number of piperidine rings is 1. The largest absolute Gasteiger partial charge is 0.492 e. The Morgan fingerprint density at radius 1 is 0.697 bits per heavy atom. The minimum absolute atomic E-state index is 0.0206. The van der Waals surface area contributed by atoms with Gasteiger partial charge in [-0.2, -0.15) is 0 Å². The van der Waals surface area contributed by atoms with Crippen LogP contribution in [-0.4, -0.2) is 138 Å². The Morgan fingerprint density at radius 2 is 1.29 bits per heavy atom. The van der Waals surface area contributed by atoms with Gasteiger partial charge in [0.25, 0.3) is 5.91 Å². The minimum Gasteiger partial charge on any atom is -0.492 e. The van der Waals surface area contributed by atoms with Crippen LogP contribution in [0.4, 0.5) is 5.69 Å². The zero-order valence-electron chi connectivity index (χ0n) is 37.7. The molecule has 352 valence electrons. The molecule has 0 aromatic heterocycles. The van der Waals surface area contributed by atoms with Crippen LogP contribution in [0.3, 0.4) is 0 Å². The van der Waals surface area contributed by atoms with E-state index < -0.39 is 11.9 Å². The van der Waals surface area contributed by atoms with Crippen molar-refractivity contribution < 1.29 is 47.6 Å². The number of alkyl halides is 1. The van der Waals surface area contributed by atoms with Crippen LogP contribution in [0.1, 0.15) is 58.3 Å². The normalized spacial score (nSPS) is 15.0. The molecule has 2 N–H and O–H groups in total.